The summed E-state index contributed by atoms with van der Waals surface area (Å²) in [6.45, 7) is 0.773. The molecule has 1 aromatic heterocycles. The highest BCUT2D eigenvalue weighted by molar-refractivity contribution is 7.99. The third-order valence-corrected chi connectivity index (χ3v) is 4.36. The summed E-state index contributed by atoms with van der Waals surface area (Å²) >= 11 is 8.11. The summed E-state index contributed by atoms with van der Waals surface area (Å²) < 4.78 is 0. The van der Waals surface area contributed by atoms with Crippen LogP contribution in [0.1, 0.15) is 12.1 Å². The number of halogens is 1. The van der Waals surface area contributed by atoms with E-state index < -0.39 is 0 Å². The molecule has 0 saturated carbocycles. The van der Waals surface area contributed by atoms with Crippen molar-refractivity contribution in [2.45, 2.75) is 19.0 Å². The highest BCUT2D eigenvalue weighted by Gasteiger charge is 2.20. The molecule has 1 aromatic rings. The molecule has 1 aliphatic rings. The number of nitrogen functional groups attached to an aromatic ring is 1. The van der Waals surface area contributed by atoms with Crippen LogP contribution < -0.4 is 5.73 Å². The topological polar surface area (TPSA) is 42.2 Å². The van der Waals surface area contributed by atoms with E-state index in [0.717, 1.165) is 12.2 Å². The van der Waals surface area contributed by atoms with E-state index in [2.05, 4.69) is 16.9 Å². The lowest BCUT2D eigenvalue weighted by molar-refractivity contribution is 0.252. The Labute approximate surface area is 105 Å². The molecule has 0 aliphatic carbocycles. The Morgan fingerprint density at radius 3 is 3.12 bits per heavy atom. The van der Waals surface area contributed by atoms with Crippen molar-refractivity contribution in [1.29, 1.82) is 0 Å². The zero-order chi connectivity index (χ0) is 11.5. The second-order valence-corrected chi connectivity index (χ2v) is 5.65. The summed E-state index contributed by atoms with van der Waals surface area (Å²) in [6.07, 6.45) is 1.25. The smallest absolute Gasteiger partial charge is 0.123 e. The Morgan fingerprint density at radius 2 is 2.44 bits per heavy atom. The number of rotatable bonds is 3. The molecule has 1 unspecified atom stereocenters. The van der Waals surface area contributed by atoms with E-state index in [9.17, 15) is 0 Å². The van der Waals surface area contributed by atoms with Gasteiger partial charge in [0.05, 0.1) is 10.7 Å². The first kappa shape index (κ1) is 12.0. The minimum Gasteiger partial charge on any atom is -0.384 e. The lowest BCUT2D eigenvalue weighted by Crippen LogP contribution is -2.31. The fourth-order valence-corrected chi connectivity index (χ4v) is 3.31. The monoisotopic (exact) mass is 257 g/mol. The predicted octanol–water partition coefficient (Wildman–Crippen LogP) is 2.25. The third kappa shape index (κ3) is 2.81. The first-order valence-corrected chi connectivity index (χ1v) is 6.89. The molecule has 2 N–H and O–H groups in total. The minimum absolute atomic E-state index is 0.536. The molecule has 0 aromatic carbocycles. The van der Waals surface area contributed by atoms with E-state index >= 15 is 0 Å². The van der Waals surface area contributed by atoms with Crippen LogP contribution in [-0.4, -0.2) is 34.5 Å². The molecule has 2 heterocycles. The maximum atomic E-state index is 6.10. The highest BCUT2D eigenvalue weighted by atomic mass is 35.5. The van der Waals surface area contributed by atoms with Crippen LogP contribution in [0.4, 0.5) is 5.82 Å². The van der Waals surface area contributed by atoms with Crippen molar-refractivity contribution in [3.8, 4) is 0 Å². The molecule has 3 nitrogen and oxygen atoms in total. The summed E-state index contributed by atoms with van der Waals surface area (Å²) in [6, 6.07) is 4.19. The Hall–Kier alpha value is -0.450. The lowest BCUT2D eigenvalue weighted by Gasteiger charge is -2.23. The lowest BCUT2D eigenvalue weighted by atomic mass is 10.2. The first-order valence-electron chi connectivity index (χ1n) is 5.35. The standard InChI is InChI=1S/C11H16ClN3S/c1-15(8-4-5-16-7-8)6-10-9(12)2-3-11(13)14-10/h2-3,8H,4-7H2,1H3,(H2,13,14). The van der Waals surface area contributed by atoms with Crippen molar-refractivity contribution in [1.82, 2.24) is 9.88 Å². The fourth-order valence-electron chi connectivity index (χ4n) is 1.85. The summed E-state index contributed by atoms with van der Waals surface area (Å²) in [7, 11) is 2.12. The average molecular weight is 258 g/mol. The number of hydrogen-bond donors (Lipinski definition) is 1. The largest absolute Gasteiger partial charge is 0.384 e. The van der Waals surface area contributed by atoms with Gasteiger partial charge in [0.25, 0.3) is 0 Å². The molecular formula is C11H16ClN3S. The molecule has 2 rings (SSSR count). The number of nitrogens with two attached hydrogens (primary N) is 1. The van der Waals surface area contributed by atoms with E-state index in [0.29, 0.717) is 16.9 Å². The van der Waals surface area contributed by atoms with E-state index in [1.54, 1.807) is 6.07 Å². The first-order chi connectivity index (χ1) is 7.66. The van der Waals surface area contributed by atoms with Gasteiger partial charge in [0, 0.05) is 18.3 Å². The van der Waals surface area contributed by atoms with Crippen LogP contribution in [-0.2, 0) is 6.54 Å². The Kier molecular flexibility index (Phi) is 3.95. The molecule has 0 radical (unpaired) electrons. The molecule has 5 heteroatoms. The molecule has 0 spiro atoms. The molecule has 1 aliphatic heterocycles. The van der Waals surface area contributed by atoms with Crippen molar-refractivity contribution >= 4 is 29.2 Å². The normalized spacial score (nSPS) is 20.6. The van der Waals surface area contributed by atoms with E-state index in [1.807, 2.05) is 17.8 Å². The van der Waals surface area contributed by atoms with Crippen LogP contribution in [0.2, 0.25) is 5.02 Å². The zero-order valence-corrected chi connectivity index (χ0v) is 10.9. The number of hydrogen-bond acceptors (Lipinski definition) is 4. The van der Waals surface area contributed by atoms with Crippen LogP contribution in [0.25, 0.3) is 0 Å². The predicted molar refractivity (Wildman–Crippen MR) is 70.9 cm³/mol. The Morgan fingerprint density at radius 1 is 1.62 bits per heavy atom. The molecular weight excluding hydrogens is 242 g/mol. The molecule has 1 atom stereocenters. The maximum Gasteiger partial charge on any atom is 0.123 e. The van der Waals surface area contributed by atoms with Gasteiger partial charge < -0.3 is 5.73 Å². The number of pyridine rings is 1. The number of anilines is 1. The van der Waals surface area contributed by atoms with Crippen molar-refractivity contribution in [3.63, 3.8) is 0 Å². The summed E-state index contributed by atoms with van der Waals surface area (Å²) in [5.74, 6) is 3.00. The number of aromatic nitrogens is 1. The molecule has 1 fully saturated rings. The number of thioether (sulfide) groups is 1. The SMILES string of the molecule is CN(Cc1nc(N)ccc1Cl)C1CCSC1. The molecule has 88 valence electrons. The van der Waals surface area contributed by atoms with E-state index in [4.69, 9.17) is 17.3 Å². The highest BCUT2D eigenvalue weighted by Crippen LogP contribution is 2.24. The number of nitrogens with zero attached hydrogens (tertiary/aromatic N) is 2. The van der Waals surface area contributed by atoms with E-state index in [1.165, 1.54) is 17.9 Å². The van der Waals surface area contributed by atoms with Crippen LogP contribution in [0.5, 0.6) is 0 Å². The van der Waals surface area contributed by atoms with Crippen molar-refractivity contribution in [2.24, 2.45) is 0 Å². The van der Waals surface area contributed by atoms with Gasteiger partial charge in [-0.05, 0) is 31.4 Å². The second-order valence-electron chi connectivity index (χ2n) is 4.10. The minimum atomic E-state index is 0.536. The maximum absolute atomic E-state index is 6.10. The van der Waals surface area contributed by atoms with Gasteiger partial charge in [0.2, 0.25) is 0 Å². The van der Waals surface area contributed by atoms with Gasteiger partial charge in [-0.2, -0.15) is 11.8 Å². The fraction of sp³-hybridized carbons (Fsp3) is 0.545. The summed E-state index contributed by atoms with van der Waals surface area (Å²) in [5.41, 5.74) is 6.54. The van der Waals surface area contributed by atoms with Crippen molar-refractivity contribution in [2.75, 3.05) is 24.3 Å². The molecule has 16 heavy (non-hydrogen) atoms. The van der Waals surface area contributed by atoms with Crippen LogP contribution in [0.3, 0.4) is 0 Å². The van der Waals surface area contributed by atoms with Gasteiger partial charge in [0.15, 0.2) is 0 Å². The average Bonchev–Trinajstić information content (AvgIpc) is 2.76. The quantitative estimate of drug-likeness (QED) is 0.902. The zero-order valence-electron chi connectivity index (χ0n) is 9.32. The van der Waals surface area contributed by atoms with Crippen LogP contribution in [0, 0.1) is 0 Å². The summed E-state index contributed by atoms with van der Waals surface area (Å²) in [5, 5.41) is 0.701. The Bertz CT molecular complexity index is 366. The van der Waals surface area contributed by atoms with Crippen molar-refractivity contribution < 1.29 is 0 Å². The van der Waals surface area contributed by atoms with Gasteiger partial charge in [-0.15, -0.1) is 0 Å². The van der Waals surface area contributed by atoms with E-state index in [-0.39, 0.29) is 0 Å². The third-order valence-electron chi connectivity index (χ3n) is 2.87. The van der Waals surface area contributed by atoms with Gasteiger partial charge in [-0.1, -0.05) is 11.6 Å². The van der Waals surface area contributed by atoms with Gasteiger partial charge in [0.1, 0.15) is 5.82 Å². The van der Waals surface area contributed by atoms with Crippen LogP contribution >= 0.6 is 23.4 Å². The molecule has 1 saturated heterocycles. The molecule has 0 bridgehead atoms. The van der Waals surface area contributed by atoms with Crippen molar-refractivity contribution in [3.05, 3.63) is 22.8 Å². The van der Waals surface area contributed by atoms with Gasteiger partial charge >= 0.3 is 0 Å². The van der Waals surface area contributed by atoms with Crippen LogP contribution in [0.15, 0.2) is 12.1 Å². The second kappa shape index (κ2) is 5.25. The Balaban J connectivity index is 2.04. The summed E-state index contributed by atoms with van der Waals surface area (Å²) in [4.78, 5) is 6.59. The van der Waals surface area contributed by atoms with Gasteiger partial charge in [-0.3, -0.25) is 4.90 Å². The molecule has 0 amide bonds. The van der Waals surface area contributed by atoms with Gasteiger partial charge in [-0.25, -0.2) is 4.98 Å².